The van der Waals surface area contributed by atoms with Gasteiger partial charge >= 0.3 is 0 Å². The van der Waals surface area contributed by atoms with Crippen LogP contribution in [0, 0.1) is 0 Å². The minimum atomic E-state index is 0.671. The number of methoxy groups -OCH3 is 1. The Hall–Kier alpha value is -2.11. The summed E-state index contributed by atoms with van der Waals surface area (Å²) in [6, 6.07) is 15.2. The van der Waals surface area contributed by atoms with Crippen LogP contribution in [0.2, 0.25) is 5.02 Å². The van der Waals surface area contributed by atoms with Gasteiger partial charge in [-0.1, -0.05) is 41.1 Å². The zero-order valence-electron chi connectivity index (χ0n) is 11.2. The van der Waals surface area contributed by atoms with Crippen LogP contribution in [0.5, 0.6) is 5.75 Å². The molecule has 0 radical (unpaired) electrons. The van der Waals surface area contributed by atoms with Gasteiger partial charge in [0.05, 0.1) is 12.1 Å². The van der Waals surface area contributed by atoms with E-state index in [0.29, 0.717) is 5.02 Å². The van der Waals surface area contributed by atoms with E-state index < -0.39 is 0 Å². The lowest BCUT2D eigenvalue weighted by atomic mass is 10.2. The molecule has 0 spiro atoms. The molecule has 0 atom stereocenters. The molecule has 0 aliphatic heterocycles. The number of nitrogens with zero attached hydrogens (tertiary/aromatic N) is 2. The van der Waals surface area contributed by atoms with Gasteiger partial charge in [-0.05, 0) is 30.3 Å². The van der Waals surface area contributed by atoms with E-state index in [1.54, 1.807) is 7.11 Å². The maximum absolute atomic E-state index is 6.17. The van der Waals surface area contributed by atoms with Gasteiger partial charge in [-0.3, -0.25) is 0 Å². The molecule has 0 saturated heterocycles. The fourth-order valence-corrected chi connectivity index (χ4v) is 2.90. The molecule has 2 aromatic carbocycles. The average Bonchev–Trinajstić information content (AvgIpc) is 2.97. The predicted molar refractivity (Wildman–Crippen MR) is 86.6 cm³/mol. The number of rotatable bonds is 4. The van der Waals surface area contributed by atoms with E-state index in [-0.39, 0.29) is 0 Å². The summed E-state index contributed by atoms with van der Waals surface area (Å²) in [6.07, 6.45) is 0. The van der Waals surface area contributed by atoms with Gasteiger partial charge in [0.25, 0.3) is 0 Å². The van der Waals surface area contributed by atoms with Crippen molar-refractivity contribution in [2.75, 3.05) is 12.4 Å². The number of hydrogen-bond donors (Lipinski definition) is 1. The second-order valence-electron chi connectivity index (χ2n) is 4.25. The lowest BCUT2D eigenvalue weighted by Gasteiger charge is -2.03. The standard InChI is InChI=1S/C15H12ClN3OS/c1-20-11-8-6-10(7-9-11)17-15-19-18-14(21-15)12-4-2-3-5-13(12)16/h2-9H,1H3,(H,17,19). The Morgan fingerprint density at radius 1 is 1.05 bits per heavy atom. The maximum atomic E-state index is 6.17. The molecule has 1 N–H and O–H groups in total. The summed E-state index contributed by atoms with van der Waals surface area (Å²) in [7, 11) is 1.64. The highest BCUT2D eigenvalue weighted by atomic mass is 35.5. The van der Waals surface area contributed by atoms with Crippen LogP contribution in [0.3, 0.4) is 0 Å². The average molecular weight is 318 g/mol. The summed E-state index contributed by atoms with van der Waals surface area (Å²) in [5.41, 5.74) is 1.82. The van der Waals surface area contributed by atoms with Crippen molar-refractivity contribution in [1.29, 1.82) is 0 Å². The molecule has 0 saturated carbocycles. The van der Waals surface area contributed by atoms with E-state index in [2.05, 4.69) is 15.5 Å². The number of benzene rings is 2. The Morgan fingerprint density at radius 2 is 1.81 bits per heavy atom. The number of aromatic nitrogens is 2. The second kappa shape index (κ2) is 6.11. The molecule has 4 nitrogen and oxygen atoms in total. The van der Waals surface area contributed by atoms with E-state index in [4.69, 9.17) is 16.3 Å². The number of nitrogens with one attached hydrogen (secondary N) is 1. The smallest absolute Gasteiger partial charge is 0.210 e. The van der Waals surface area contributed by atoms with Crippen LogP contribution in [0.25, 0.3) is 10.6 Å². The Bertz CT molecular complexity index is 743. The molecule has 0 aliphatic rings. The fraction of sp³-hybridized carbons (Fsp3) is 0.0667. The van der Waals surface area contributed by atoms with Crippen molar-refractivity contribution < 1.29 is 4.74 Å². The third-order valence-corrected chi connectivity index (χ3v) is 4.07. The predicted octanol–water partition coefficient (Wildman–Crippen LogP) is 4.61. The Balaban J connectivity index is 1.80. The van der Waals surface area contributed by atoms with Crippen LogP contribution >= 0.6 is 22.9 Å². The van der Waals surface area contributed by atoms with Crippen molar-refractivity contribution in [3.05, 3.63) is 53.6 Å². The van der Waals surface area contributed by atoms with E-state index in [9.17, 15) is 0 Å². The first-order valence-corrected chi connectivity index (χ1v) is 7.45. The highest BCUT2D eigenvalue weighted by molar-refractivity contribution is 7.18. The maximum Gasteiger partial charge on any atom is 0.210 e. The van der Waals surface area contributed by atoms with Crippen molar-refractivity contribution in [2.45, 2.75) is 0 Å². The quantitative estimate of drug-likeness (QED) is 0.763. The lowest BCUT2D eigenvalue weighted by Crippen LogP contribution is -1.89. The van der Waals surface area contributed by atoms with Crippen LogP contribution in [-0.2, 0) is 0 Å². The van der Waals surface area contributed by atoms with Gasteiger partial charge in [-0.25, -0.2) is 0 Å². The molecule has 0 bridgehead atoms. The van der Waals surface area contributed by atoms with Crippen molar-refractivity contribution in [3.63, 3.8) is 0 Å². The van der Waals surface area contributed by atoms with Gasteiger partial charge in [-0.15, -0.1) is 10.2 Å². The molecular formula is C15H12ClN3OS. The van der Waals surface area contributed by atoms with Gasteiger partial charge in [0.1, 0.15) is 5.75 Å². The van der Waals surface area contributed by atoms with Crippen molar-refractivity contribution >= 4 is 33.8 Å². The normalized spacial score (nSPS) is 10.4. The fourth-order valence-electron chi connectivity index (χ4n) is 1.82. The third kappa shape index (κ3) is 3.15. The summed E-state index contributed by atoms with van der Waals surface area (Å²) in [6.45, 7) is 0. The van der Waals surface area contributed by atoms with E-state index in [1.165, 1.54) is 11.3 Å². The second-order valence-corrected chi connectivity index (χ2v) is 5.63. The molecule has 1 aromatic heterocycles. The number of ether oxygens (including phenoxy) is 1. The van der Waals surface area contributed by atoms with Crippen molar-refractivity contribution in [2.24, 2.45) is 0 Å². The molecule has 0 amide bonds. The van der Waals surface area contributed by atoms with Crippen LogP contribution in [0.4, 0.5) is 10.8 Å². The first-order chi connectivity index (χ1) is 10.3. The Morgan fingerprint density at radius 3 is 2.52 bits per heavy atom. The molecule has 6 heteroatoms. The molecule has 3 aromatic rings. The van der Waals surface area contributed by atoms with Crippen LogP contribution in [0.15, 0.2) is 48.5 Å². The number of anilines is 2. The van der Waals surface area contributed by atoms with Crippen molar-refractivity contribution in [1.82, 2.24) is 10.2 Å². The van der Waals surface area contributed by atoms with E-state index >= 15 is 0 Å². The van der Waals surface area contributed by atoms with E-state index in [0.717, 1.165) is 27.1 Å². The highest BCUT2D eigenvalue weighted by Gasteiger charge is 2.09. The zero-order valence-corrected chi connectivity index (χ0v) is 12.8. The molecule has 1 heterocycles. The first-order valence-electron chi connectivity index (χ1n) is 6.26. The van der Waals surface area contributed by atoms with E-state index in [1.807, 2.05) is 48.5 Å². The lowest BCUT2D eigenvalue weighted by molar-refractivity contribution is 0.415. The molecular weight excluding hydrogens is 306 g/mol. The largest absolute Gasteiger partial charge is 0.497 e. The summed E-state index contributed by atoms with van der Waals surface area (Å²) in [5.74, 6) is 0.814. The minimum Gasteiger partial charge on any atom is -0.497 e. The Labute approximate surface area is 131 Å². The van der Waals surface area contributed by atoms with Crippen LogP contribution in [0.1, 0.15) is 0 Å². The first kappa shape index (κ1) is 13.9. The monoisotopic (exact) mass is 317 g/mol. The van der Waals surface area contributed by atoms with Crippen molar-refractivity contribution in [3.8, 4) is 16.3 Å². The molecule has 106 valence electrons. The molecule has 0 unspecified atom stereocenters. The number of hydrogen-bond acceptors (Lipinski definition) is 5. The molecule has 0 aliphatic carbocycles. The van der Waals surface area contributed by atoms with Gasteiger partial charge in [-0.2, -0.15) is 0 Å². The Kier molecular flexibility index (Phi) is 4.03. The van der Waals surface area contributed by atoms with Crippen LogP contribution in [-0.4, -0.2) is 17.3 Å². The molecule has 0 fully saturated rings. The van der Waals surface area contributed by atoms with Gasteiger partial charge in [0, 0.05) is 11.3 Å². The molecule has 21 heavy (non-hydrogen) atoms. The van der Waals surface area contributed by atoms with Gasteiger partial charge in [0.15, 0.2) is 5.01 Å². The minimum absolute atomic E-state index is 0.671. The van der Waals surface area contributed by atoms with Crippen LogP contribution < -0.4 is 10.1 Å². The molecule has 3 rings (SSSR count). The topological polar surface area (TPSA) is 47.0 Å². The number of halogens is 1. The van der Waals surface area contributed by atoms with Gasteiger partial charge < -0.3 is 10.1 Å². The third-order valence-electron chi connectivity index (χ3n) is 2.87. The summed E-state index contributed by atoms with van der Waals surface area (Å²) < 4.78 is 5.13. The highest BCUT2D eigenvalue weighted by Crippen LogP contribution is 2.32. The summed E-state index contributed by atoms with van der Waals surface area (Å²) in [5, 5.41) is 13.7. The summed E-state index contributed by atoms with van der Waals surface area (Å²) in [4.78, 5) is 0. The SMILES string of the molecule is COc1ccc(Nc2nnc(-c3ccccc3Cl)s2)cc1. The summed E-state index contributed by atoms with van der Waals surface area (Å²) >= 11 is 7.62. The zero-order chi connectivity index (χ0) is 14.7. The van der Waals surface area contributed by atoms with Gasteiger partial charge in [0.2, 0.25) is 5.13 Å².